The smallest absolute Gasteiger partial charge is 0.213 e. The summed E-state index contributed by atoms with van der Waals surface area (Å²) in [6.45, 7) is 4.35. The van der Waals surface area contributed by atoms with Gasteiger partial charge in [-0.1, -0.05) is 65.8 Å². The van der Waals surface area contributed by atoms with E-state index in [4.69, 9.17) is 16.7 Å². The number of hydrogen-bond donors (Lipinski definition) is 2. The maximum Gasteiger partial charge on any atom is 0.213 e. The topological polar surface area (TPSA) is 67.1 Å². The Balaban J connectivity index is 1.46. The van der Waals surface area contributed by atoms with Gasteiger partial charge in [-0.3, -0.25) is 0 Å². The Labute approximate surface area is 178 Å². The molecule has 1 aromatic heterocycles. The number of thioether (sulfide) groups is 1. The molecule has 3 heterocycles. The van der Waals surface area contributed by atoms with E-state index in [-0.39, 0.29) is 16.8 Å². The molecule has 2 atom stereocenters. The molecule has 0 bridgehead atoms. The molecule has 2 N–H and O–H groups in total. The van der Waals surface area contributed by atoms with Crippen molar-refractivity contribution >= 4 is 29.1 Å². The number of hydrogen-bond acceptors (Lipinski definition) is 6. The first-order valence-electron chi connectivity index (χ1n) is 9.57. The van der Waals surface area contributed by atoms with Crippen molar-refractivity contribution in [1.82, 2.24) is 25.7 Å². The van der Waals surface area contributed by atoms with Gasteiger partial charge >= 0.3 is 0 Å². The lowest BCUT2D eigenvalue weighted by Crippen LogP contribution is -2.34. The van der Waals surface area contributed by atoms with Crippen molar-refractivity contribution in [3.63, 3.8) is 0 Å². The van der Waals surface area contributed by atoms with Crippen molar-refractivity contribution in [1.29, 1.82) is 0 Å². The Morgan fingerprint density at radius 2 is 1.72 bits per heavy atom. The van der Waals surface area contributed by atoms with Gasteiger partial charge in [-0.15, -0.1) is 10.2 Å². The van der Waals surface area contributed by atoms with E-state index < -0.39 is 0 Å². The Morgan fingerprint density at radius 1 is 1.00 bits per heavy atom. The van der Waals surface area contributed by atoms with Crippen LogP contribution in [0, 0.1) is 0 Å². The standard InChI is InChI=1S/C21H21ClN6S/c1-21(2)18(14-6-4-3-5-7-14)27-28-19(25-26-20(28)29-21)17-12-16(23-24-17)13-8-10-15(22)11-9-13/h3-11,16-17,23-24H,12H2,1-2H3. The van der Waals surface area contributed by atoms with Crippen LogP contribution in [0.15, 0.2) is 64.9 Å². The second-order valence-corrected chi connectivity index (χ2v) is 9.79. The largest absolute Gasteiger partial charge is 0.250 e. The fraction of sp³-hybridized carbons (Fsp3) is 0.286. The third kappa shape index (κ3) is 3.48. The first-order chi connectivity index (χ1) is 14.0. The molecular weight excluding hydrogens is 404 g/mol. The van der Waals surface area contributed by atoms with Gasteiger partial charge in [0.1, 0.15) is 0 Å². The number of benzene rings is 2. The van der Waals surface area contributed by atoms with Crippen LogP contribution in [-0.4, -0.2) is 25.3 Å². The van der Waals surface area contributed by atoms with Gasteiger partial charge in [0.2, 0.25) is 5.16 Å². The first kappa shape index (κ1) is 18.8. The molecule has 6 nitrogen and oxygen atoms in total. The number of nitrogens with one attached hydrogen (secondary N) is 2. The summed E-state index contributed by atoms with van der Waals surface area (Å²) >= 11 is 7.71. The molecule has 2 unspecified atom stereocenters. The molecule has 0 amide bonds. The second-order valence-electron chi connectivity index (χ2n) is 7.76. The highest BCUT2D eigenvalue weighted by Crippen LogP contribution is 2.40. The Bertz CT molecular complexity index is 1060. The lowest BCUT2D eigenvalue weighted by molar-refractivity contribution is 0.520. The minimum absolute atomic E-state index is 0.0134. The number of fused-ring (bicyclic) bond motifs is 1. The third-order valence-corrected chi connectivity index (χ3v) is 6.68. The minimum atomic E-state index is -0.186. The monoisotopic (exact) mass is 424 g/mol. The predicted molar refractivity (Wildman–Crippen MR) is 116 cm³/mol. The Hall–Kier alpha value is -2.19. The van der Waals surface area contributed by atoms with Crippen molar-refractivity contribution in [3.05, 3.63) is 76.6 Å². The molecule has 2 aromatic carbocycles. The van der Waals surface area contributed by atoms with Gasteiger partial charge in [-0.25, -0.2) is 10.9 Å². The SMILES string of the molecule is CC1(C)Sc2nnc(C3CC(c4ccc(Cl)cc4)NN3)n2N=C1c1ccccc1. The number of aromatic nitrogens is 3. The summed E-state index contributed by atoms with van der Waals surface area (Å²) in [5.74, 6) is 0.820. The molecule has 5 rings (SSSR count). The maximum atomic E-state index is 6.02. The fourth-order valence-electron chi connectivity index (χ4n) is 3.79. The quantitative estimate of drug-likeness (QED) is 0.654. The molecule has 0 aliphatic carbocycles. The van der Waals surface area contributed by atoms with Crippen LogP contribution in [0.5, 0.6) is 0 Å². The van der Waals surface area contributed by atoms with E-state index in [9.17, 15) is 0 Å². The average Bonchev–Trinajstić information content (AvgIpc) is 3.34. The summed E-state index contributed by atoms with van der Waals surface area (Å²) in [5.41, 5.74) is 10.1. The minimum Gasteiger partial charge on any atom is -0.250 e. The van der Waals surface area contributed by atoms with Gasteiger partial charge < -0.3 is 0 Å². The van der Waals surface area contributed by atoms with E-state index in [1.165, 1.54) is 5.56 Å². The highest BCUT2D eigenvalue weighted by molar-refractivity contribution is 8.01. The lowest BCUT2D eigenvalue weighted by atomic mass is 9.99. The highest BCUT2D eigenvalue weighted by atomic mass is 35.5. The van der Waals surface area contributed by atoms with Crippen LogP contribution in [0.4, 0.5) is 0 Å². The molecule has 3 aromatic rings. The average molecular weight is 425 g/mol. The van der Waals surface area contributed by atoms with Crippen molar-refractivity contribution in [3.8, 4) is 0 Å². The van der Waals surface area contributed by atoms with Crippen molar-refractivity contribution in [2.75, 3.05) is 0 Å². The highest BCUT2D eigenvalue weighted by Gasteiger charge is 2.38. The van der Waals surface area contributed by atoms with Gasteiger partial charge in [0.05, 0.1) is 16.5 Å². The third-order valence-electron chi connectivity index (χ3n) is 5.29. The molecule has 2 aliphatic heterocycles. The second kappa shape index (κ2) is 7.25. The molecule has 0 saturated carbocycles. The molecule has 1 saturated heterocycles. The molecule has 29 heavy (non-hydrogen) atoms. The van der Waals surface area contributed by atoms with E-state index >= 15 is 0 Å². The number of rotatable bonds is 3. The van der Waals surface area contributed by atoms with Crippen LogP contribution in [0.3, 0.4) is 0 Å². The molecule has 0 spiro atoms. The number of nitrogens with zero attached hydrogens (tertiary/aromatic N) is 4. The first-order valence-corrected chi connectivity index (χ1v) is 10.8. The van der Waals surface area contributed by atoms with Gasteiger partial charge in [0.25, 0.3) is 0 Å². The molecule has 1 fully saturated rings. The van der Waals surface area contributed by atoms with Crippen molar-refractivity contribution in [2.45, 2.75) is 42.3 Å². The van der Waals surface area contributed by atoms with Crippen LogP contribution >= 0.6 is 23.4 Å². The van der Waals surface area contributed by atoms with E-state index in [0.717, 1.165) is 33.7 Å². The normalized spacial score (nSPS) is 22.9. The van der Waals surface area contributed by atoms with Crippen LogP contribution in [0.2, 0.25) is 5.02 Å². The molecule has 8 heteroatoms. The summed E-state index contributed by atoms with van der Waals surface area (Å²) in [7, 11) is 0. The lowest BCUT2D eigenvalue weighted by Gasteiger charge is -2.29. The van der Waals surface area contributed by atoms with E-state index in [1.807, 2.05) is 47.1 Å². The molecular formula is C21H21ClN6S. The van der Waals surface area contributed by atoms with Gasteiger partial charge in [-0.2, -0.15) is 9.78 Å². The van der Waals surface area contributed by atoms with Crippen molar-refractivity contribution in [2.24, 2.45) is 5.10 Å². The molecule has 2 aliphatic rings. The molecule has 0 radical (unpaired) electrons. The zero-order valence-corrected chi connectivity index (χ0v) is 17.7. The van der Waals surface area contributed by atoms with E-state index in [2.05, 4.69) is 47.0 Å². The molecule has 148 valence electrons. The Kier molecular flexibility index (Phi) is 4.70. The maximum absolute atomic E-state index is 6.02. The summed E-state index contributed by atoms with van der Waals surface area (Å²) in [4.78, 5) is 0. The van der Waals surface area contributed by atoms with Gasteiger partial charge in [0.15, 0.2) is 5.82 Å². The zero-order valence-electron chi connectivity index (χ0n) is 16.1. The Morgan fingerprint density at radius 3 is 2.48 bits per heavy atom. The summed E-state index contributed by atoms with van der Waals surface area (Å²) in [6.07, 6.45) is 0.851. The summed E-state index contributed by atoms with van der Waals surface area (Å²) < 4.78 is 1.71. The summed E-state index contributed by atoms with van der Waals surface area (Å²) in [6, 6.07) is 18.4. The van der Waals surface area contributed by atoms with Crippen LogP contribution in [0.1, 0.15) is 49.3 Å². The number of halogens is 1. The van der Waals surface area contributed by atoms with Crippen LogP contribution < -0.4 is 10.9 Å². The van der Waals surface area contributed by atoms with Gasteiger partial charge in [-0.05, 0) is 43.5 Å². The summed E-state index contributed by atoms with van der Waals surface area (Å²) in [5, 5.41) is 15.4. The van der Waals surface area contributed by atoms with Crippen molar-refractivity contribution < 1.29 is 0 Å². The van der Waals surface area contributed by atoms with Gasteiger partial charge in [0, 0.05) is 11.1 Å². The zero-order chi connectivity index (χ0) is 20.0. The number of hydrazine groups is 1. The van der Waals surface area contributed by atoms with E-state index in [0.29, 0.717) is 0 Å². The predicted octanol–water partition coefficient (Wildman–Crippen LogP) is 4.35. The fourth-order valence-corrected chi connectivity index (χ4v) is 4.93. The van der Waals surface area contributed by atoms with Crippen LogP contribution in [-0.2, 0) is 0 Å². The van der Waals surface area contributed by atoms with Crippen LogP contribution in [0.25, 0.3) is 0 Å². The van der Waals surface area contributed by atoms with E-state index in [1.54, 1.807) is 11.8 Å².